The highest BCUT2D eigenvalue weighted by Crippen LogP contribution is 2.44. The average Bonchev–Trinajstić information content (AvgIpc) is 3.11. The highest BCUT2D eigenvalue weighted by molar-refractivity contribution is 7.50. The van der Waals surface area contributed by atoms with Crippen molar-refractivity contribution in [2.75, 3.05) is 11.9 Å². The molecule has 38 heavy (non-hydrogen) atoms. The molecule has 0 bridgehead atoms. The summed E-state index contributed by atoms with van der Waals surface area (Å²) in [5.41, 5.74) is -1.07. The summed E-state index contributed by atoms with van der Waals surface area (Å²) in [7, 11) is -4.58. The number of hydrogen-bond donors (Lipinski definition) is 3. The molecule has 1 amide bonds. The Balaban J connectivity index is 2.03. The van der Waals surface area contributed by atoms with Crippen LogP contribution in [0, 0.1) is 5.92 Å². The van der Waals surface area contributed by atoms with Gasteiger partial charge in [0.15, 0.2) is 0 Å². The number of esters is 1. The lowest BCUT2D eigenvalue weighted by Crippen LogP contribution is -2.35. The first-order valence-corrected chi connectivity index (χ1v) is 14.2. The van der Waals surface area contributed by atoms with Crippen LogP contribution in [0.1, 0.15) is 73.0 Å². The number of anilines is 1. The molecule has 1 fully saturated rings. The van der Waals surface area contributed by atoms with Crippen molar-refractivity contribution >= 4 is 25.4 Å². The summed E-state index contributed by atoms with van der Waals surface area (Å²) in [4.78, 5) is 50.5. The van der Waals surface area contributed by atoms with E-state index < -0.39 is 62.8 Å². The summed E-state index contributed by atoms with van der Waals surface area (Å²) in [6.45, 7) is 7.69. The molecular formula is C23H37F2N4O8P. The van der Waals surface area contributed by atoms with Crippen LogP contribution in [-0.4, -0.2) is 57.1 Å². The SMILES string of the molecule is CCCC(CCC)C(=O)Nc1ccn(C2O[C@H](COP(=O)(O)NC(C)C(=O)OC(C)C)CC2(F)F)c(=O)n1. The molecule has 12 nitrogen and oxygen atoms in total. The van der Waals surface area contributed by atoms with Gasteiger partial charge in [0.2, 0.25) is 12.1 Å². The fourth-order valence-corrected chi connectivity index (χ4v) is 4.99. The molecule has 1 aromatic rings. The van der Waals surface area contributed by atoms with E-state index in [0.717, 1.165) is 19.0 Å². The molecule has 3 N–H and O–H groups in total. The van der Waals surface area contributed by atoms with Crippen molar-refractivity contribution in [3.63, 3.8) is 0 Å². The van der Waals surface area contributed by atoms with Crippen LogP contribution in [-0.2, 0) is 28.2 Å². The third-order valence-electron chi connectivity index (χ3n) is 5.66. The van der Waals surface area contributed by atoms with Crippen molar-refractivity contribution in [1.29, 1.82) is 0 Å². The molecule has 1 aromatic heterocycles. The zero-order valence-corrected chi connectivity index (χ0v) is 23.1. The predicted octanol–water partition coefficient (Wildman–Crippen LogP) is 3.37. The summed E-state index contributed by atoms with van der Waals surface area (Å²) < 4.78 is 57.4. The molecule has 216 valence electrons. The van der Waals surface area contributed by atoms with Gasteiger partial charge in [-0.15, -0.1) is 0 Å². The second kappa shape index (κ2) is 13.7. The second-order valence-corrected chi connectivity index (χ2v) is 11.1. The van der Waals surface area contributed by atoms with Crippen LogP contribution in [0.15, 0.2) is 17.1 Å². The summed E-state index contributed by atoms with van der Waals surface area (Å²) in [5.74, 6) is -4.93. The quantitative estimate of drug-likeness (QED) is 0.225. The Hall–Kier alpha value is -2.25. The van der Waals surface area contributed by atoms with Crippen molar-refractivity contribution < 1.29 is 41.8 Å². The number of carbonyl (C=O) groups excluding carboxylic acids is 2. The first kappa shape index (κ1) is 32.0. The zero-order valence-electron chi connectivity index (χ0n) is 22.2. The Bertz CT molecular complexity index is 1060. The maximum absolute atomic E-state index is 14.7. The van der Waals surface area contributed by atoms with Gasteiger partial charge in [-0.3, -0.25) is 18.7 Å². The lowest BCUT2D eigenvalue weighted by Gasteiger charge is -2.21. The summed E-state index contributed by atoms with van der Waals surface area (Å²) >= 11 is 0. The number of rotatable bonds is 14. The van der Waals surface area contributed by atoms with E-state index in [1.165, 1.54) is 13.0 Å². The van der Waals surface area contributed by atoms with Gasteiger partial charge in [-0.2, -0.15) is 4.98 Å². The van der Waals surface area contributed by atoms with Gasteiger partial charge >= 0.3 is 19.4 Å². The first-order valence-electron chi connectivity index (χ1n) is 12.6. The van der Waals surface area contributed by atoms with E-state index in [1.54, 1.807) is 13.8 Å². The molecule has 1 saturated heterocycles. The topological polar surface area (TPSA) is 158 Å². The second-order valence-electron chi connectivity index (χ2n) is 9.49. The van der Waals surface area contributed by atoms with Crippen LogP contribution in [0.25, 0.3) is 0 Å². The fourth-order valence-electron chi connectivity index (χ4n) is 3.95. The Morgan fingerprint density at radius 1 is 1.29 bits per heavy atom. The fraction of sp³-hybridized carbons (Fsp3) is 0.739. The number of carbonyl (C=O) groups is 2. The van der Waals surface area contributed by atoms with Gasteiger partial charge < -0.3 is 19.7 Å². The van der Waals surface area contributed by atoms with Crippen LogP contribution >= 0.6 is 7.75 Å². The molecule has 0 radical (unpaired) electrons. The van der Waals surface area contributed by atoms with Crippen molar-refractivity contribution in [2.45, 2.75) is 97.1 Å². The molecular weight excluding hydrogens is 529 g/mol. The van der Waals surface area contributed by atoms with E-state index >= 15 is 0 Å². The van der Waals surface area contributed by atoms with Gasteiger partial charge in [0.05, 0.1) is 18.8 Å². The smallest absolute Gasteiger partial charge is 0.403 e. The Kier molecular flexibility index (Phi) is 11.5. The van der Waals surface area contributed by atoms with Crippen molar-refractivity contribution in [3.8, 4) is 0 Å². The lowest BCUT2D eigenvalue weighted by molar-refractivity contribution is -0.149. The first-order chi connectivity index (χ1) is 17.7. The normalized spacial score (nSPS) is 21.3. The number of aromatic nitrogens is 2. The van der Waals surface area contributed by atoms with Gasteiger partial charge in [-0.25, -0.2) is 23.2 Å². The third-order valence-corrected chi connectivity index (χ3v) is 6.87. The van der Waals surface area contributed by atoms with E-state index in [-0.39, 0.29) is 17.6 Å². The van der Waals surface area contributed by atoms with E-state index in [4.69, 9.17) is 14.0 Å². The van der Waals surface area contributed by atoms with E-state index in [2.05, 4.69) is 15.4 Å². The van der Waals surface area contributed by atoms with Gasteiger partial charge in [0.1, 0.15) is 11.9 Å². The minimum Gasteiger partial charge on any atom is -0.462 e. The third kappa shape index (κ3) is 9.19. The number of ether oxygens (including phenoxy) is 2. The van der Waals surface area contributed by atoms with Crippen LogP contribution < -0.4 is 16.1 Å². The van der Waals surface area contributed by atoms with E-state index in [9.17, 15) is 32.6 Å². The summed E-state index contributed by atoms with van der Waals surface area (Å²) in [5, 5.41) is 4.63. The minimum absolute atomic E-state index is 0.0629. The van der Waals surface area contributed by atoms with E-state index in [0.29, 0.717) is 17.4 Å². The van der Waals surface area contributed by atoms with Gasteiger partial charge in [-0.05, 0) is 39.7 Å². The molecule has 0 aromatic carbocycles. The number of nitrogens with zero attached hydrogens (tertiary/aromatic N) is 2. The largest absolute Gasteiger partial charge is 0.462 e. The van der Waals surface area contributed by atoms with Gasteiger partial charge in [-0.1, -0.05) is 26.7 Å². The van der Waals surface area contributed by atoms with Crippen LogP contribution in [0.4, 0.5) is 14.6 Å². The van der Waals surface area contributed by atoms with Crippen molar-refractivity contribution in [1.82, 2.24) is 14.6 Å². The standard InChI is InChI=1S/C23H37F2N4O8P/c1-6-8-16(9-7-2)19(30)26-18-10-11-29(22(32)27-18)21-23(24,25)12-17(37-21)13-35-38(33,34)28-15(5)20(31)36-14(3)4/h10-11,14-17,21H,6-9,12-13H2,1-5H3,(H2,28,33,34)(H,26,27,30,32)/t15?,17-,21?/m0/s1. The number of hydrogen-bond acceptors (Lipinski definition) is 8. The number of nitrogens with one attached hydrogen (secondary N) is 2. The molecule has 15 heteroatoms. The zero-order chi connectivity index (χ0) is 28.7. The molecule has 3 unspecified atom stereocenters. The summed E-state index contributed by atoms with van der Waals surface area (Å²) in [6.07, 6.45) is -0.747. The van der Waals surface area contributed by atoms with E-state index in [1.807, 2.05) is 13.8 Å². The van der Waals surface area contributed by atoms with Gasteiger partial charge in [0, 0.05) is 18.5 Å². The number of halogens is 2. The number of amides is 1. The maximum Gasteiger partial charge on any atom is 0.403 e. The summed E-state index contributed by atoms with van der Waals surface area (Å²) in [6, 6.07) is 0.0239. The van der Waals surface area contributed by atoms with Crippen LogP contribution in [0.5, 0.6) is 0 Å². The van der Waals surface area contributed by atoms with Gasteiger partial charge in [0.25, 0.3) is 5.92 Å². The molecule has 0 saturated carbocycles. The molecule has 2 rings (SSSR count). The molecule has 4 atom stereocenters. The highest BCUT2D eigenvalue weighted by Gasteiger charge is 2.52. The number of alkyl halides is 2. The van der Waals surface area contributed by atoms with Crippen LogP contribution in [0.2, 0.25) is 0 Å². The predicted molar refractivity (Wildman–Crippen MR) is 134 cm³/mol. The monoisotopic (exact) mass is 566 g/mol. The average molecular weight is 567 g/mol. The highest BCUT2D eigenvalue weighted by atomic mass is 31.2. The minimum atomic E-state index is -4.58. The molecule has 0 aliphatic carbocycles. The van der Waals surface area contributed by atoms with Crippen molar-refractivity contribution in [2.24, 2.45) is 5.92 Å². The Morgan fingerprint density at radius 3 is 2.47 bits per heavy atom. The van der Waals surface area contributed by atoms with Crippen LogP contribution in [0.3, 0.4) is 0 Å². The lowest BCUT2D eigenvalue weighted by atomic mass is 9.97. The Morgan fingerprint density at radius 2 is 1.92 bits per heavy atom. The van der Waals surface area contributed by atoms with Crippen molar-refractivity contribution in [3.05, 3.63) is 22.7 Å². The molecule has 2 heterocycles. The maximum atomic E-state index is 14.7. The Labute approximate surface area is 220 Å². The molecule has 1 aliphatic rings. The molecule has 0 spiro atoms. The molecule has 1 aliphatic heterocycles.